The van der Waals surface area contributed by atoms with Crippen molar-refractivity contribution in [3.63, 3.8) is 0 Å². The SMILES string of the molecule is NC1C(=O)Nc2cc(N3CCn4cnnc4C3)c(Br)cc21. The van der Waals surface area contributed by atoms with Crippen LogP contribution >= 0.6 is 15.9 Å². The monoisotopic (exact) mass is 348 g/mol. The molecular weight excluding hydrogens is 336 g/mol. The largest absolute Gasteiger partial charge is 0.361 e. The Balaban J connectivity index is 1.71. The third-order valence-electron chi connectivity index (χ3n) is 3.97. The average molecular weight is 349 g/mol. The Kier molecular flexibility index (Phi) is 2.76. The summed E-state index contributed by atoms with van der Waals surface area (Å²) in [6.07, 6.45) is 1.75. The van der Waals surface area contributed by atoms with Crippen LogP contribution in [0, 0.1) is 0 Å². The van der Waals surface area contributed by atoms with E-state index in [0.29, 0.717) is 6.54 Å². The number of hydrogen-bond acceptors (Lipinski definition) is 5. The zero-order valence-electron chi connectivity index (χ0n) is 11.1. The van der Waals surface area contributed by atoms with Crippen LogP contribution in [0.3, 0.4) is 0 Å². The van der Waals surface area contributed by atoms with Crippen LogP contribution in [-0.2, 0) is 17.9 Å². The van der Waals surface area contributed by atoms with Crippen molar-refractivity contribution in [1.82, 2.24) is 14.8 Å². The summed E-state index contributed by atoms with van der Waals surface area (Å²) in [5, 5.41) is 10.9. The van der Waals surface area contributed by atoms with Crippen molar-refractivity contribution in [1.29, 1.82) is 0 Å². The predicted molar refractivity (Wildman–Crippen MR) is 80.8 cm³/mol. The van der Waals surface area contributed by atoms with Gasteiger partial charge in [0.25, 0.3) is 0 Å². The number of nitrogens with one attached hydrogen (secondary N) is 1. The molecule has 2 aliphatic rings. The van der Waals surface area contributed by atoms with Crippen molar-refractivity contribution in [2.24, 2.45) is 5.73 Å². The van der Waals surface area contributed by atoms with Gasteiger partial charge >= 0.3 is 0 Å². The molecule has 1 amide bonds. The summed E-state index contributed by atoms with van der Waals surface area (Å²) in [6.45, 7) is 2.40. The van der Waals surface area contributed by atoms with Gasteiger partial charge in [0.15, 0.2) is 5.82 Å². The van der Waals surface area contributed by atoms with Gasteiger partial charge in [-0.3, -0.25) is 4.79 Å². The third kappa shape index (κ3) is 1.94. The summed E-state index contributed by atoms with van der Waals surface area (Å²) in [4.78, 5) is 13.9. The number of carbonyl (C=O) groups is 1. The normalized spacial score (nSPS) is 20.2. The summed E-state index contributed by atoms with van der Waals surface area (Å²) in [6, 6.07) is 3.30. The van der Waals surface area contributed by atoms with Gasteiger partial charge in [0.2, 0.25) is 5.91 Å². The van der Waals surface area contributed by atoms with E-state index in [2.05, 4.69) is 40.9 Å². The van der Waals surface area contributed by atoms with E-state index in [0.717, 1.165) is 40.3 Å². The number of anilines is 2. The number of nitrogens with two attached hydrogens (primary N) is 1. The lowest BCUT2D eigenvalue weighted by Crippen LogP contribution is -2.33. The molecule has 1 aromatic carbocycles. The number of aromatic nitrogens is 3. The van der Waals surface area contributed by atoms with Crippen molar-refractivity contribution in [3.05, 3.63) is 34.3 Å². The van der Waals surface area contributed by atoms with Crippen molar-refractivity contribution in [2.75, 3.05) is 16.8 Å². The number of halogens is 1. The maximum Gasteiger partial charge on any atom is 0.245 e. The fraction of sp³-hybridized carbons (Fsp3) is 0.308. The van der Waals surface area contributed by atoms with Gasteiger partial charge in [-0.25, -0.2) is 0 Å². The van der Waals surface area contributed by atoms with Crippen LogP contribution in [0.5, 0.6) is 0 Å². The van der Waals surface area contributed by atoms with E-state index in [1.165, 1.54) is 0 Å². The minimum absolute atomic E-state index is 0.160. The highest BCUT2D eigenvalue weighted by Crippen LogP contribution is 2.39. The van der Waals surface area contributed by atoms with Crippen LogP contribution < -0.4 is 16.0 Å². The molecule has 3 heterocycles. The molecule has 0 aliphatic carbocycles. The molecule has 0 bridgehead atoms. The van der Waals surface area contributed by atoms with Crippen molar-refractivity contribution < 1.29 is 4.79 Å². The fourth-order valence-corrected chi connectivity index (χ4v) is 3.42. The van der Waals surface area contributed by atoms with Gasteiger partial charge < -0.3 is 20.5 Å². The lowest BCUT2D eigenvalue weighted by Gasteiger charge is -2.30. The van der Waals surface area contributed by atoms with Crippen molar-refractivity contribution in [3.8, 4) is 0 Å². The zero-order chi connectivity index (χ0) is 14.6. The van der Waals surface area contributed by atoms with Crippen LogP contribution in [0.4, 0.5) is 11.4 Å². The smallest absolute Gasteiger partial charge is 0.245 e. The molecule has 3 N–H and O–H groups in total. The first-order valence-electron chi connectivity index (χ1n) is 6.65. The predicted octanol–water partition coefficient (Wildman–Crippen LogP) is 1.01. The van der Waals surface area contributed by atoms with E-state index in [1.54, 1.807) is 6.33 Å². The van der Waals surface area contributed by atoms with Crippen LogP contribution in [0.2, 0.25) is 0 Å². The second kappa shape index (κ2) is 4.54. The molecule has 108 valence electrons. The first kappa shape index (κ1) is 12.8. The summed E-state index contributed by atoms with van der Waals surface area (Å²) in [5.41, 5.74) is 8.51. The van der Waals surface area contributed by atoms with Gasteiger partial charge in [-0.05, 0) is 28.1 Å². The Bertz CT molecular complexity index is 742. The Hall–Kier alpha value is -1.93. The molecule has 0 saturated carbocycles. The highest BCUT2D eigenvalue weighted by molar-refractivity contribution is 9.10. The van der Waals surface area contributed by atoms with Gasteiger partial charge in [0.1, 0.15) is 12.4 Å². The summed E-state index contributed by atoms with van der Waals surface area (Å²) >= 11 is 3.58. The maximum atomic E-state index is 11.7. The first-order chi connectivity index (χ1) is 10.1. The maximum absolute atomic E-state index is 11.7. The molecule has 21 heavy (non-hydrogen) atoms. The van der Waals surface area contributed by atoms with E-state index in [1.807, 2.05) is 12.1 Å². The molecule has 4 rings (SSSR count). The highest BCUT2D eigenvalue weighted by Gasteiger charge is 2.29. The summed E-state index contributed by atoms with van der Waals surface area (Å²) in [5.74, 6) is 0.779. The molecule has 1 aromatic heterocycles. The number of benzene rings is 1. The van der Waals surface area contributed by atoms with Crippen molar-refractivity contribution >= 4 is 33.2 Å². The Morgan fingerprint density at radius 1 is 1.38 bits per heavy atom. The minimum Gasteiger partial charge on any atom is -0.361 e. The Morgan fingerprint density at radius 3 is 3.10 bits per heavy atom. The Morgan fingerprint density at radius 2 is 2.24 bits per heavy atom. The van der Waals surface area contributed by atoms with Gasteiger partial charge in [0, 0.05) is 28.8 Å². The van der Waals surface area contributed by atoms with Crippen LogP contribution in [0.1, 0.15) is 17.4 Å². The number of carbonyl (C=O) groups excluding carboxylic acids is 1. The molecule has 2 aromatic rings. The molecule has 1 atom stereocenters. The van der Waals surface area contributed by atoms with Gasteiger partial charge in [-0.2, -0.15) is 0 Å². The molecule has 0 saturated heterocycles. The first-order valence-corrected chi connectivity index (χ1v) is 7.44. The van der Waals surface area contributed by atoms with Crippen LogP contribution in [-0.4, -0.2) is 27.2 Å². The lowest BCUT2D eigenvalue weighted by atomic mass is 10.1. The quantitative estimate of drug-likeness (QED) is 0.802. The minimum atomic E-state index is -0.588. The molecule has 2 aliphatic heterocycles. The fourth-order valence-electron chi connectivity index (χ4n) is 2.81. The Labute approximate surface area is 129 Å². The third-order valence-corrected chi connectivity index (χ3v) is 4.61. The standard InChI is InChI=1S/C13H13BrN6O/c14-8-3-7-9(17-13(21)12(7)15)4-10(8)19-1-2-20-6-16-18-11(20)5-19/h3-4,6,12H,1-2,5,15H2,(H,17,21). The lowest BCUT2D eigenvalue weighted by molar-refractivity contribution is -0.116. The molecular formula is C13H13BrN6O. The van der Waals surface area contributed by atoms with Gasteiger partial charge in [-0.1, -0.05) is 0 Å². The summed E-state index contributed by atoms with van der Waals surface area (Å²) < 4.78 is 2.98. The number of fused-ring (bicyclic) bond motifs is 2. The molecule has 8 heteroatoms. The van der Waals surface area contributed by atoms with E-state index in [4.69, 9.17) is 5.73 Å². The average Bonchev–Trinajstić information content (AvgIpc) is 3.04. The molecule has 1 unspecified atom stereocenters. The highest BCUT2D eigenvalue weighted by atomic mass is 79.9. The zero-order valence-corrected chi connectivity index (χ0v) is 12.7. The number of nitrogens with zero attached hydrogens (tertiary/aromatic N) is 4. The van der Waals surface area contributed by atoms with Crippen LogP contribution in [0.25, 0.3) is 0 Å². The molecule has 0 fully saturated rings. The van der Waals surface area contributed by atoms with Gasteiger partial charge in [-0.15, -0.1) is 10.2 Å². The second-order valence-electron chi connectivity index (χ2n) is 5.22. The number of hydrogen-bond donors (Lipinski definition) is 2. The van der Waals surface area contributed by atoms with E-state index >= 15 is 0 Å². The van der Waals surface area contributed by atoms with E-state index in [-0.39, 0.29) is 5.91 Å². The molecule has 0 spiro atoms. The van der Waals surface area contributed by atoms with Crippen LogP contribution in [0.15, 0.2) is 22.9 Å². The topological polar surface area (TPSA) is 89.1 Å². The summed E-state index contributed by atoms with van der Waals surface area (Å²) in [7, 11) is 0. The van der Waals surface area contributed by atoms with Crippen molar-refractivity contribution in [2.45, 2.75) is 19.1 Å². The van der Waals surface area contributed by atoms with E-state index < -0.39 is 6.04 Å². The molecule has 7 nitrogen and oxygen atoms in total. The van der Waals surface area contributed by atoms with Gasteiger partial charge in [0.05, 0.1) is 12.2 Å². The van der Waals surface area contributed by atoms with E-state index in [9.17, 15) is 4.79 Å². The second-order valence-corrected chi connectivity index (χ2v) is 6.07. The number of amides is 1. The molecule has 0 radical (unpaired) electrons. The number of rotatable bonds is 1.